The fourth-order valence-electron chi connectivity index (χ4n) is 3.69. The Balaban J connectivity index is 1.84. The molecule has 3 unspecified atom stereocenters. The summed E-state index contributed by atoms with van der Waals surface area (Å²) in [5, 5.41) is 23.4. The first-order valence-electron chi connectivity index (χ1n) is 7.38. The summed E-state index contributed by atoms with van der Waals surface area (Å²) in [6, 6.07) is 11.1. The average molecular weight is 358 g/mol. The Hall–Kier alpha value is -1.94. The van der Waals surface area contributed by atoms with Crippen LogP contribution in [0.25, 0.3) is 0 Å². The van der Waals surface area contributed by atoms with Crippen LogP contribution in [0.4, 0.5) is 5.69 Å². The minimum absolute atomic E-state index is 0.0202. The summed E-state index contributed by atoms with van der Waals surface area (Å²) in [6.07, 6.45) is 5.47. The molecular weight excluding hydrogens is 342 g/mol. The first-order valence-corrected chi connectivity index (χ1v) is 8.18. The van der Waals surface area contributed by atoms with Gasteiger partial charge in [-0.25, -0.2) is 0 Å². The zero-order chi connectivity index (χ0) is 15.3. The van der Waals surface area contributed by atoms with Gasteiger partial charge in [0.15, 0.2) is 0 Å². The molecule has 22 heavy (non-hydrogen) atoms. The minimum Gasteiger partial charge on any atom is -0.508 e. The Morgan fingerprint density at radius 3 is 2.77 bits per heavy atom. The van der Waals surface area contributed by atoms with Crippen molar-refractivity contribution in [3.05, 3.63) is 64.1 Å². The van der Waals surface area contributed by atoms with Gasteiger partial charge in [0.1, 0.15) is 11.5 Å². The third-order valence-corrected chi connectivity index (χ3v) is 5.36. The average Bonchev–Trinajstić information content (AvgIpc) is 2.97. The lowest BCUT2D eigenvalue weighted by molar-refractivity contribution is 0.398. The highest BCUT2D eigenvalue weighted by molar-refractivity contribution is 9.10. The van der Waals surface area contributed by atoms with Crippen molar-refractivity contribution in [2.45, 2.75) is 18.4 Å². The van der Waals surface area contributed by atoms with Crippen molar-refractivity contribution >= 4 is 21.6 Å². The van der Waals surface area contributed by atoms with Gasteiger partial charge in [-0.15, -0.1) is 0 Å². The molecule has 112 valence electrons. The molecule has 1 aliphatic carbocycles. The van der Waals surface area contributed by atoms with E-state index in [2.05, 4.69) is 45.5 Å². The van der Waals surface area contributed by atoms with E-state index >= 15 is 0 Å². The van der Waals surface area contributed by atoms with E-state index in [4.69, 9.17) is 0 Å². The molecule has 3 atom stereocenters. The van der Waals surface area contributed by atoms with Gasteiger partial charge in [-0.05, 0) is 52.0 Å². The monoisotopic (exact) mass is 357 g/mol. The standard InChI is InChI=1S/C18H16BrNO2/c19-15-6-2-5-13-11-3-1-4-12(11)17(20-18(13)15)14-8-7-10(21)9-16(14)22/h1-3,5-9,11-12,17,20-22H,4H2. The maximum absolute atomic E-state index is 10.2. The smallest absolute Gasteiger partial charge is 0.124 e. The highest BCUT2D eigenvalue weighted by atomic mass is 79.9. The second-order valence-electron chi connectivity index (χ2n) is 5.92. The predicted octanol–water partition coefficient (Wildman–Crippen LogP) is 4.69. The summed E-state index contributed by atoms with van der Waals surface area (Å²) < 4.78 is 1.03. The second-order valence-corrected chi connectivity index (χ2v) is 6.78. The molecule has 1 aliphatic heterocycles. The van der Waals surface area contributed by atoms with Crippen molar-refractivity contribution in [1.82, 2.24) is 0 Å². The number of anilines is 1. The van der Waals surface area contributed by atoms with Gasteiger partial charge in [0, 0.05) is 22.0 Å². The molecule has 0 fully saturated rings. The van der Waals surface area contributed by atoms with E-state index < -0.39 is 0 Å². The number of fused-ring (bicyclic) bond motifs is 3. The van der Waals surface area contributed by atoms with Crippen LogP contribution in [0.3, 0.4) is 0 Å². The maximum atomic E-state index is 10.2. The molecule has 0 aromatic heterocycles. The van der Waals surface area contributed by atoms with Crippen molar-refractivity contribution in [2.75, 3.05) is 5.32 Å². The number of phenols is 2. The van der Waals surface area contributed by atoms with Gasteiger partial charge in [-0.3, -0.25) is 0 Å². The summed E-state index contributed by atoms with van der Waals surface area (Å²) in [5.74, 6) is 0.947. The molecule has 0 bridgehead atoms. The predicted molar refractivity (Wildman–Crippen MR) is 90.3 cm³/mol. The first-order chi connectivity index (χ1) is 10.6. The molecule has 0 radical (unpaired) electrons. The number of para-hydroxylation sites is 1. The number of halogens is 1. The lowest BCUT2D eigenvalue weighted by Crippen LogP contribution is -2.29. The third-order valence-electron chi connectivity index (χ3n) is 4.69. The Morgan fingerprint density at radius 2 is 1.95 bits per heavy atom. The summed E-state index contributed by atoms with van der Waals surface area (Å²) in [7, 11) is 0. The van der Waals surface area contributed by atoms with Crippen molar-refractivity contribution in [3.63, 3.8) is 0 Å². The van der Waals surface area contributed by atoms with Crippen LogP contribution >= 0.6 is 15.9 Å². The molecule has 0 saturated carbocycles. The molecular formula is C18H16BrNO2. The lowest BCUT2D eigenvalue weighted by atomic mass is 9.77. The number of rotatable bonds is 1. The third kappa shape index (κ3) is 2.02. The molecule has 2 aromatic carbocycles. The van der Waals surface area contributed by atoms with Crippen LogP contribution in [0.5, 0.6) is 11.5 Å². The van der Waals surface area contributed by atoms with E-state index in [-0.39, 0.29) is 17.5 Å². The van der Waals surface area contributed by atoms with Crippen LogP contribution < -0.4 is 5.32 Å². The van der Waals surface area contributed by atoms with E-state index in [0.717, 1.165) is 22.1 Å². The quantitative estimate of drug-likeness (QED) is 0.649. The van der Waals surface area contributed by atoms with E-state index in [1.165, 1.54) is 11.6 Å². The van der Waals surface area contributed by atoms with Gasteiger partial charge in [0.2, 0.25) is 0 Å². The van der Waals surface area contributed by atoms with Crippen molar-refractivity contribution in [2.24, 2.45) is 5.92 Å². The normalized spacial score (nSPS) is 25.4. The fraction of sp³-hybridized carbons (Fsp3) is 0.222. The largest absolute Gasteiger partial charge is 0.508 e. The molecule has 1 heterocycles. The molecule has 0 saturated heterocycles. The number of benzene rings is 2. The number of nitrogens with one attached hydrogen (secondary N) is 1. The maximum Gasteiger partial charge on any atom is 0.124 e. The Labute approximate surface area is 137 Å². The zero-order valence-corrected chi connectivity index (χ0v) is 13.4. The van der Waals surface area contributed by atoms with Crippen molar-refractivity contribution in [3.8, 4) is 11.5 Å². The SMILES string of the molecule is Oc1ccc(C2Nc3c(Br)cccc3C3C=CCC32)c(O)c1. The summed E-state index contributed by atoms with van der Waals surface area (Å²) >= 11 is 3.62. The number of allylic oxidation sites excluding steroid dienone is 2. The number of hydrogen-bond acceptors (Lipinski definition) is 3. The van der Waals surface area contributed by atoms with E-state index in [0.29, 0.717) is 11.8 Å². The van der Waals surface area contributed by atoms with Gasteiger partial charge in [-0.1, -0.05) is 24.3 Å². The highest BCUT2D eigenvalue weighted by Gasteiger charge is 2.39. The number of phenolic OH excluding ortho intramolecular Hbond substituents is 2. The minimum atomic E-state index is 0.0202. The zero-order valence-electron chi connectivity index (χ0n) is 11.8. The molecule has 4 rings (SSSR count). The fourth-order valence-corrected chi connectivity index (χ4v) is 4.18. The molecule has 3 nitrogen and oxygen atoms in total. The highest BCUT2D eigenvalue weighted by Crippen LogP contribution is 2.52. The van der Waals surface area contributed by atoms with Gasteiger partial charge in [-0.2, -0.15) is 0 Å². The topological polar surface area (TPSA) is 52.5 Å². The van der Waals surface area contributed by atoms with Gasteiger partial charge in [0.05, 0.1) is 11.7 Å². The Morgan fingerprint density at radius 1 is 1.09 bits per heavy atom. The molecule has 2 aliphatic rings. The van der Waals surface area contributed by atoms with Gasteiger partial charge in [0.25, 0.3) is 0 Å². The Bertz CT molecular complexity index is 772. The van der Waals surface area contributed by atoms with Crippen LogP contribution in [-0.2, 0) is 0 Å². The van der Waals surface area contributed by atoms with Crippen molar-refractivity contribution < 1.29 is 10.2 Å². The molecule has 0 spiro atoms. The van der Waals surface area contributed by atoms with Gasteiger partial charge < -0.3 is 15.5 Å². The lowest BCUT2D eigenvalue weighted by Gasteiger charge is -2.38. The first kappa shape index (κ1) is 13.7. The number of aromatic hydroxyl groups is 2. The van der Waals surface area contributed by atoms with E-state index in [9.17, 15) is 10.2 Å². The van der Waals surface area contributed by atoms with Crippen LogP contribution in [0, 0.1) is 5.92 Å². The van der Waals surface area contributed by atoms with E-state index in [1.807, 2.05) is 6.07 Å². The summed E-state index contributed by atoms with van der Waals surface area (Å²) in [6.45, 7) is 0. The molecule has 0 amide bonds. The van der Waals surface area contributed by atoms with Crippen LogP contribution in [-0.4, -0.2) is 10.2 Å². The second kappa shape index (κ2) is 5.06. The van der Waals surface area contributed by atoms with Gasteiger partial charge >= 0.3 is 0 Å². The summed E-state index contributed by atoms with van der Waals surface area (Å²) in [5.41, 5.74) is 3.22. The molecule has 4 heteroatoms. The van der Waals surface area contributed by atoms with Crippen LogP contribution in [0.15, 0.2) is 53.0 Å². The van der Waals surface area contributed by atoms with Crippen LogP contribution in [0.1, 0.15) is 29.5 Å². The van der Waals surface area contributed by atoms with Crippen molar-refractivity contribution in [1.29, 1.82) is 0 Å². The van der Waals surface area contributed by atoms with Crippen LogP contribution in [0.2, 0.25) is 0 Å². The summed E-state index contributed by atoms with van der Waals surface area (Å²) in [4.78, 5) is 0. The molecule has 2 aromatic rings. The molecule has 3 N–H and O–H groups in total. The number of hydrogen-bond donors (Lipinski definition) is 3. The van der Waals surface area contributed by atoms with E-state index in [1.54, 1.807) is 12.1 Å². The Kier molecular flexibility index (Phi) is 3.15.